The smallest absolute Gasteiger partial charge is 0.360 e. The lowest BCUT2D eigenvalue weighted by Gasteiger charge is -2.05. The van der Waals surface area contributed by atoms with Crippen LogP contribution in [0.5, 0.6) is 0 Å². The Balaban J connectivity index is 2.86. The van der Waals surface area contributed by atoms with E-state index in [2.05, 4.69) is 9.59 Å². The van der Waals surface area contributed by atoms with Crippen LogP contribution in [0.15, 0.2) is 0 Å². The molecule has 14 heavy (non-hydrogen) atoms. The summed E-state index contributed by atoms with van der Waals surface area (Å²) in [6, 6.07) is 0. The third-order valence-electron chi connectivity index (χ3n) is 1.70. The van der Waals surface area contributed by atoms with Crippen LogP contribution in [0.2, 0.25) is 0 Å². The summed E-state index contributed by atoms with van der Waals surface area (Å²) in [4.78, 5) is 12.3. The molecule has 0 radical (unpaired) electrons. The summed E-state index contributed by atoms with van der Waals surface area (Å²) in [6.07, 6.45) is 1.99. The number of esters is 1. The summed E-state index contributed by atoms with van der Waals surface area (Å²) >= 11 is 2.91. The van der Waals surface area contributed by atoms with Gasteiger partial charge < -0.3 is 4.74 Å². The molecule has 0 spiro atoms. The minimum Gasteiger partial charge on any atom is -0.461 e. The van der Waals surface area contributed by atoms with Crippen LogP contribution in [-0.2, 0) is 4.74 Å². The van der Waals surface area contributed by atoms with Gasteiger partial charge >= 0.3 is 5.97 Å². The standard InChI is InChI=1S/C8H12N2O2S2/c1-4-12-8(11)6-7(5(2)13-3)14-10-9-6/h5H,4H2,1-3H3. The number of aromatic nitrogens is 2. The second-order valence-electron chi connectivity index (χ2n) is 2.58. The molecule has 1 unspecified atom stereocenters. The maximum atomic E-state index is 11.4. The Morgan fingerprint density at radius 1 is 1.71 bits per heavy atom. The van der Waals surface area contributed by atoms with Crippen molar-refractivity contribution in [2.75, 3.05) is 12.9 Å². The fourth-order valence-corrected chi connectivity index (χ4v) is 2.23. The second kappa shape index (κ2) is 5.31. The minimum absolute atomic E-state index is 0.231. The molecule has 1 aromatic rings. The molecular formula is C8H12N2O2S2. The van der Waals surface area contributed by atoms with Crippen molar-refractivity contribution in [1.82, 2.24) is 9.59 Å². The van der Waals surface area contributed by atoms with Crippen molar-refractivity contribution in [3.05, 3.63) is 10.6 Å². The summed E-state index contributed by atoms with van der Waals surface area (Å²) < 4.78 is 8.65. The zero-order chi connectivity index (χ0) is 10.6. The average molecular weight is 232 g/mol. The van der Waals surface area contributed by atoms with Crippen LogP contribution in [0, 0.1) is 0 Å². The number of thioether (sulfide) groups is 1. The van der Waals surface area contributed by atoms with Gasteiger partial charge in [0, 0.05) is 5.25 Å². The van der Waals surface area contributed by atoms with E-state index in [-0.39, 0.29) is 11.2 Å². The third kappa shape index (κ3) is 2.45. The van der Waals surface area contributed by atoms with E-state index in [9.17, 15) is 4.79 Å². The van der Waals surface area contributed by atoms with Crippen LogP contribution in [0.1, 0.15) is 34.5 Å². The number of ether oxygens (including phenoxy) is 1. The lowest BCUT2D eigenvalue weighted by molar-refractivity contribution is 0.0518. The quantitative estimate of drug-likeness (QED) is 0.744. The monoisotopic (exact) mass is 232 g/mol. The molecule has 0 bridgehead atoms. The maximum Gasteiger partial charge on any atom is 0.360 e. The van der Waals surface area contributed by atoms with E-state index in [4.69, 9.17) is 4.74 Å². The molecule has 6 heteroatoms. The van der Waals surface area contributed by atoms with Crippen LogP contribution in [0.25, 0.3) is 0 Å². The number of hydrogen-bond acceptors (Lipinski definition) is 6. The van der Waals surface area contributed by atoms with Crippen molar-refractivity contribution >= 4 is 29.3 Å². The van der Waals surface area contributed by atoms with Gasteiger partial charge in [0.2, 0.25) is 0 Å². The Labute approximate surface area is 91.2 Å². The molecule has 0 amide bonds. The molecule has 0 saturated carbocycles. The Kier molecular flexibility index (Phi) is 4.34. The lowest BCUT2D eigenvalue weighted by atomic mass is 10.3. The Morgan fingerprint density at radius 2 is 2.43 bits per heavy atom. The van der Waals surface area contributed by atoms with Gasteiger partial charge in [0.05, 0.1) is 11.5 Å². The lowest BCUT2D eigenvalue weighted by Crippen LogP contribution is -2.08. The summed E-state index contributed by atoms with van der Waals surface area (Å²) in [5, 5.41) is 4.02. The highest BCUT2D eigenvalue weighted by Gasteiger charge is 2.21. The van der Waals surface area contributed by atoms with Gasteiger partial charge in [-0.2, -0.15) is 11.8 Å². The molecular weight excluding hydrogens is 220 g/mol. The molecule has 1 atom stereocenters. The molecule has 0 saturated heterocycles. The van der Waals surface area contributed by atoms with Gasteiger partial charge in [0.1, 0.15) is 0 Å². The van der Waals surface area contributed by atoms with Gasteiger partial charge in [0.25, 0.3) is 0 Å². The Morgan fingerprint density at radius 3 is 3.00 bits per heavy atom. The average Bonchev–Trinajstić information content (AvgIpc) is 2.65. The Bertz CT molecular complexity index is 314. The van der Waals surface area contributed by atoms with Gasteiger partial charge in [-0.25, -0.2) is 4.79 Å². The molecule has 0 aliphatic heterocycles. The molecule has 0 aromatic carbocycles. The predicted molar refractivity (Wildman–Crippen MR) is 57.8 cm³/mol. The molecule has 0 aliphatic rings. The molecule has 0 N–H and O–H groups in total. The van der Waals surface area contributed by atoms with E-state index in [0.29, 0.717) is 12.3 Å². The number of nitrogens with zero attached hydrogens (tertiary/aromatic N) is 2. The van der Waals surface area contributed by atoms with Gasteiger partial charge in [-0.15, -0.1) is 5.10 Å². The first kappa shape index (κ1) is 11.5. The van der Waals surface area contributed by atoms with Crippen molar-refractivity contribution in [2.45, 2.75) is 19.1 Å². The van der Waals surface area contributed by atoms with Gasteiger partial charge in [-0.1, -0.05) is 4.49 Å². The minimum atomic E-state index is -0.378. The summed E-state index contributed by atoms with van der Waals surface area (Å²) in [7, 11) is 0. The van der Waals surface area contributed by atoms with Crippen molar-refractivity contribution in [2.24, 2.45) is 0 Å². The third-order valence-corrected chi connectivity index (χ3v) is 3.70. The summed E-state index contributed by atoms with van der Waals surface area (Å²) in [5.41, 5.74) is 0.360. The fourth-order valence-electron chi connectivity index (χ4n) is 0.912. The SMILES string of the molecule is CCOC(=O)c1nnsc1C(C)SC. The number of hydrogen-bond donors (Lipinski definition) is 0. The molecule has 0 fully saturated rings. The van der Waals surface area contributed by atoms with Gasteiger partial charge in [-0.05, 0) is 31.6 Å². The van der Waals surface area contributed by atoms with E-state index in [1.54, 1.807) is 18.7 Å². The van der Waals surface area contributed by atoms with E-state index in [1.807, 2.05) is 13.2 Å². The number of rotatable bonds is 4. The van der Waals surface area contributed by atoms with E-state index < -0.39 is 0 Å². The first-order chi connectivity index (χ1) is 6.70. The molecule has 4 nitrogen and oxygen atoms in total. The van der Waals surface area contributed by atoms with E-state index >= 15 is 0 Å². The molecule has 78 valence electrons. The van der Waals surface area contributed by atoms with Crippen molar-refractivity contribution in [3.8, 4) is 0 Å². The maximum absolute atomic E-state index is 11.4. The second-order valence-corrected chi connectivity index (χ2v) is 4.55. The highest BCUT2D eigenvalue weighted by Crippen LogP contribution is 2.30. The van der Waals surface area contributed by atoms with E-state index in [0.717, 1.165) is 4.88 Å². The number of carbonyl (C=O) groups is 1. The van der Waals surface area contributed by atoms with Crippen LogP contribution >= 0.6 is 23.3 Å². The van der Waals surface area contributed by atoms with Crippen molar-refractivity contribution < 1.29 is 9.53 Å². The molecule has 0 aliphatic carbocycles. The van der Waals surface area contributed by atoms with Crippen LogP contribution in [0.4, 0.5) is 0 Å². The number of carbonyl (C=O) groups excluding carboxylic acids is 1. The Hall–Kier alpha value is -0.620. The molecule has 1 rings (SSSR count). The highest BCUT2D eigenvalue weighted by atomic mass is 32.2. The normalized spacial score (nSPS) is 12.5. The zero-order valence-electron chi connectivity index (χ0n) is 8.31. The van der Waals surface area contributed by atoms with Gasteiger partial charge in [-0.3, -0.25) is 0 Å². The van der Waals surface area contributed by atoms with Gasteiger partial charge in [0.15, 0.2) is 5.69 Å². The van der Waals surface area contributed by atoms with Crippen molar-refractivity contribution in [3.63, 3.8) is 0 Å². The van der Waals surface area contributed by atoms with Crippen molar-refractivity contribution in [1.29, 1.82) is 0 Å². The first-order valence-electron chi connectivity index (χ1n) is 4.22. The van der Waals surface area contributed by atoms with Crippen LogP contribution in [0.3, 0.4) is 0 Å². The predicted octanol–water partition coefficient (Wildman–Crippen LogP) is 2.14. The van der Waals surface area contributed by atoms with Crippen LogP contribution < -0.4 is 0 Å². The highest BCUT2D eigenvalue weighted by molar-refractivity contribution is 7.98. The van der Waals surface area contributed by atoms with Crippen LogP contribution in [-0.4, -0.2) is 28.4 Å². The first-order valence-corrected chi connectivity index (χ1v) is 6.29. The largest absolute Gasteiger partial charge is 0.461 e. The summed E-state index contributed by atoms with van der Waals surface area (Å²) in [6.45, 7) is 4.15. The van der Waals surface area contributed by atoms with E-state index in [1.165, 1.54) is 11.5 Å². The zero-order valence-corrected chi connectivity index (χ0v) is 9.94. The summed E-state index contributed by atoms with van der Waals surface area (Å²) in [5.74, 6) is -0.378. The molecule has 1 heterocycles. The fraction of sp³-hybridized carbons (Fsp3) is 0.625. The molecule has 1 aromatic heterocycles. The topological polar surface area (TPSA) is 52.1 Å².